The lowest BCUT2D eigenvalue weighted by Crippen LogP contribution is -2.18. The summed E-state index contributed by atoms with van der Waals surface area (Å²) in [5.41, 5.74) is 7.50. The van der Waals surface area contributed by atoms with Crippen LogP contribution in [0.15, 0.2) is 29.5 Å². The van der Waals surface area contributed by atoms with E-state index in [4.69, 9.17) is 21.7 Å². The van der Waals surface area contributed by atoms with Crippen LogP contribution in [0.1, 0.15) is 63.9 Å². The maximum absolute atomic E-state index is 12.0. The normalized spacial score (nSPS) is 21.1. The molecule has 1 saturated heterocycles. The minimum Gasteiger partial charge on any atom is -0.490 e. The van der Waals surface area contributed by atoms with Gasteiger partial charge in [0, 0.05) is 24.2 Å². The number of amides is 1. The van der Waals surface area contributed by atoms with Crippen LogP contribution in [0.25, 0.3) is 0 Å². The molecular formula is C25H39N9O2. The molecule has 36 heavy (non-hydrogen) atoms. The molecule has 4 rings (SSSR count). The van der Waals surface area contributed by atoms with Crippen molar-refractivity contribution in [2.75, 3.05) is 24.3 Å². The number of rotatable bonds is 6. The Balaban J connectivity index is 0.00000109. The van der Waals surface area contributed by atoms with E-state index in [1.54, 1.807) is 18.2 Å². The lowest BCUT2D eigenvalue weighted by atomic mass is 10.0. The van der Waals surface area contributed by atoms with E-state index >= 15 is 0 Å². The van der Waals surface area contributed by atoms with Crippen molar-refractivity contribution in [3.8, 4) is 5.75 Å². The van der Waals surface area contributed by atoms with Gasteiger partial charge in [-0.3, -0.25) is 9.69 Å². The zero-order valence-corrected chi connectivity index (χ0v) is 22.2. The predicted octanol–water partition coefficient (Wildman–Crippen LogP) is 3.54. The van der Waals surface area contributed by atoms with Crippen molar-refractivity contribution in [1.82, 2.24) is 14.9 Å². The number of nitrogens with two attached hydrogens (primary N) is 2. The average Bonchev–Trinajstić information content (AvgIpc) is 3.55. The average molecular weight is 498 g/mol. The topological polar surface area (TPSA) is 167 Å². The summed E-state index contributed by atoms with van der Waals surface area (Å²) in [4.78, 5) is 23.0. The van der Waals surface area contributed by atoms with Crippen molar-refractivity contribution in [2.24, 2.45) is 22.6 Å². The highest BCUT2D eigenvalue weighted by atomic mass is 16.5. The van der Waals surface area contributed by atoms with Crippen molar-refractivity contribution < 1.29 is 9.53 Å². The van der Waals surface area contributed by atoms with Gasteiger partial charge < -0.3 is 32.4 Å². The third-order valence-corrected chi connectivity index (χ3v) is 5.69. The van der Waals surface area contributed by atoms with Gasteiger partial charge in [0.25, 0.3) is 5.91 Å². The van der Waals surface area contributed by atoms with Crippen LogP contribution >= 0.6 is 0 Å². The number of carbonyl (C=O) groups excluding carboxylic acids is 1. The summed E-state index contributed by atoms with van der Waals surface area (Å²) < 4.78 is 5.89. The minimum absolute atomic E-state index is 0.118. The Labute approximate surface area is 213 Å². The van der Waals surface area contributed by atoms with Crippen molar-refractivity contribution in [2.45, 2.75) is 60.2 Å². The number of nitrogens with one attached hydrogen (secondary N) is 3. The SMILES string of the molecule is CC.CC.CC(C)C1C(Nc2ncc(C(N)=O)c(Nc3cccc4c3OCCC(=N)/C4=N\N)n2)N1C. The van der Waals surface area contributed by atoms with Gasteiger partial charge in [-0.15, -0.1) is 0 Å². The molecule has 1 amide bonds. The fourth-order valence-electron chi connectivity index (χ4n) is 4.03. The molecule has 2 aliphatic heterocycles. The second-order valence-corrected chi connectivity index (χ2v) is 8.17. The van der Waals surface area contributed by atoms with E-state index in [1.807, 2.05) is 34.7 Å². The number of carbonyl (C=O) groups is 1. The summed E-state index contributed by atoms with van der Waals surface area (Å²) in [7, 11) is 2.03. The van der Waals surface area contributed by atoms with E-state index in [0.717, 1.165) is 0 Å². The summed E-state index contributed by atoms with van der Waals surface area (Å²) in [5, 5.41) is 18.4. The Morgan fingerprint density at radius 2 is 1.97 bits per heavy atom. The fraction of sp³-hybridized carbons (Fsp3) is 0.480. The van der Waals surface area contributed by atoms with Crippen molar-refractivity contribution in [1.29, 1.82) is 5.41 Å². The molecule has 3 atom stereocenters. The molecule has 0 aliphatic carbocycles. The first-order chi connectivity index (χ1) is 17.3. The summed E-state index contributed by atoms with van der Waals surface area (Å²) in [6.07, 6.45) is 1.90. The monoisotopic (exact) mass is 497 g/mol. The van der Waals surface area contributed by atoms with Gasteiger partial charge in [-0.2, -0.15) is 10.1 Å². The highest BCUT2D eigenvalue weighted by Gasteiger charge is 2.46. The molecule has 11 nitrogen and oxygen atoms in total. The van der Waals surface area contributed by atoms with Crippen molar-refractivity contribution >= 4 is 34.8 Å². The quantitative estimate of drug-likeness (QED) is 0.229. The smallest absolute Gasteiger partial charge is 0.254 e. The first-order valence-electron chi connectivity index (χ1n) is 12.4. The van der Waals surface area contributed by atoms with Crippen LogP contribution in [0, 0.1) is 11.3 Å². The number of benzene rings is 1. The van der Waals surface area contributed by atoms with Crippen molar-refractivity contribution in [3.05, 3.63) is 35.5 Å². The Morgan fingerprint density at radius 1 is 1.28 bits per heavy atom. The summed E-state index contributed by atoms with van der Waals surface area (Å²) in [5.74, 6) is 6.47. The molecule has 11 heteroatoms. The zero-order valence-electron chi connectivity index (χ0n) is 22.2. The number of nitrogens with zero attached hydrogens (tertiary/aromatic N) is 4. The molecule has 0 spiro atoms. The second-order valence-electron chi connectivity index (χ2n) is 8.17. The van der Waals surface area contributed by atoms with Crippen LogP contribution in [0.5, 0.6) is 5.75 Å². The van der Waals surface area contributed by atoms with Gasteiger partial charge in [0.05, 0.1) is 24.2 Å². The third-order valence-electron chi connectivity index (χ3n) is 5.69. The maximum Gasteiger partial charge on any atom is 0.254 e. The second kappa shape index (κ2) is 12.8. The Bertz CT molecular complexity index is 1100. The number of primary amides is 1. The van der Waals surface area contributed by atoms with Crippen LogP contribution < -0.4 is 26.9 Å². The molecule has 2 aliphatic rings. The number of fused-ring (bicyclic) bond motifs is 1. The highest BCUT2D eigenvalue weighted by Crippen LogP contribution is 2.35. The molecule has 1 fully saturated rings. The molecule has 7 N–H and O–H groups in total. The van der Waals surface area contributed by atoms with E-state index in [0.29, 0.717) is 59.4 Å². The molecule has 0 saturated carbocycles. The summed E-state index contributed by atoms with van der Waals surface area (Å²) in [6, 6.07) is 5.73. The molecule has 1 aromatic carbocycles. The number of likely N-dealkylation sites (N-methyl/N-ethyl adjacent to an activating group) is 1. The third kappa shape index (κ3) is 6.09. The Kier molecular flexibility index (Phi) is 10.2. The number of aromatic nitrogens is 2. The summed E-state index contributed by atoms with van der Waals surface area (Å²) >= 11 is 0. The minimum atomic E-state index is -0.656. The Morgan fingerprint density at radius 3 is 2.56 bits per heavy atom. The molecule has 0 bridgehead atoms. The van der Waals surface area contributed by atoms with Gasteiger partial charge in [0.1, 0.15) is 17.1 Å². The summed E-state index contributed by atoms with van der Waals surface area (Å²) in [6.45, 7) is 12.6. The number of hydrogen-bond donors (Lipinski definition) is 5. The van der Waals surface area contributed by atoms with Crippen LogP contribution in [-0.2, 0) is 0 Å². The lowest BCUT2D eigenvalue weighted by Gasteiger charge is -2.16. The number of para-hydroxylation sites is 1. The van der Waals surface area contributed by atoms with Gasteiger partial charge in [-0.05, 0) is 25.1 Å². The molecule has 0 radical (unpaired) electrons. The molecule has 3 unspecified atom stereocenters. The van der Waals surface area contributed by atoms with Crippen LogP contribution in [0.4, 0.5) is 17.5 Å². The first kappa shape index (κ1) is 28.5. The first-order valence-corrected chi connectivity index (χ1v) is 12.4. The van der Waals surface area contributed by atoms with E-state index < -0.39 is 5.91 Å². The number of ether oxygens (including phenoxy) is 1. The van der Waals surface area contributed by atoms with Gasteiger partial charge in [-0.1, -0.05) is 47.6 Å². The number of anilines is 3. The molecular weight excluding hydrogens is 458 g/mol. The van der Waals surface area contributed by atoms with E-state index in [1.165, 1.54) is 6.20 Å². The van der Waals surface area contributed by atoms with Crippen LogP contribution in [-0.4, -0.2) is 58.1 Å². The molecule has 2 aromatic rings. The fourth-order valence-corrected chi connectivity index (χ4v) is 4.03. The maximum atomic E-state index is 12.0. The molecule has 196 valence electrons. The lowest BCUT2D eigenvalue weighted by molar-refractivity contribution is 0.100. The number of hydrogen-bond acceptors (Lipinski definition) is 10. The van der Waals surface area contributed by atoms with E-state index in [-0.39, 0.29) is 17.5 Å². The van der Waals surface area contributed by atoms with Gasteiger partial charge in [-0.25, -0.2) is 4.98 Å². The van der Waals surface area contributed by atoms with Gasteiger partial charge in [0.2, 0.25) is 5.95 Å². The molecule has 1 aromatic heterocycles. The number of hydrazone groups is 1. The van der Waals surface area contributed by atoms with Gasteiger partial charge >= 0.3 is 0 Å². The largest absolute Gasteiger partial charge is 0.490 e. The van der Waals surface area contributed by atoms with Crippen LogP contribution in [0.3, 0.4) is 0 Å². The highest BCUT2D eigenvalue weighted by molar-refractivity contribution is 6.48. The predicted molar refractivity (Wildman–Crippen MR) is 145 cm³/mol. The van der Waals surface area contributed by atoms with Crippen molar-refractivity contribution in [3.63, 3.8) is 0 Å². The van der Waals surface area contributed by atoms with Gasteiger partial charge in [0.15, 0.2) is 5.75 Å². The van der Waals surface area contributed by atoms with Crippen LogP contribution in [0.2, 0.25) is 0 Å². The van der Waals surface area contributed by atoms with E-state index in [2.05, 4.69) is 44.5 Å². The molecule has 3 heterocycles. The Hall–Kier alpha value is -3.73. The van der Waals surface area contributed by atoms with E-state index in [9.17, 15) is 4.79 Å². The zero-order chi connectivity index (χ0) is 27.0. The standard InChI is InChI=1S/C21H27N9O2.2C2H6/c1-10(2)16-20(30(16)3)28-21-25-9-12(18(23)31)19(27-21)26-14-6-4-5-11-15(29-24)13(22)7-8-32-17(11)14;2*1-2/h4-6,9-10,16,20,22H,7-8,24H2,1-3H3,(H2,23,31)(H2,25,26,27,28);2*1-2H3/b22-13?,29-15-;;.